The largest absolute Gasteiger partial charge is 0.491 e. The third-order valence-corrected chi connectivity index (χ3v) is 5.84. The van der Waals surface area contributed by atoms with E-state index in [2.05, 4.69) is 20.6 Å². The van der Waals surface area contributed by atoms with Gasteiger partial charge in [-0.25, -0.2) is 14.4 Å². The van der Waals surface area contributed by atoms with E-state index in [1.165, 1.54) is 18.3 Å². The molecule has 0 saturated heterocycles. The van der Waals surface area contributed by atoms with E-state index < -0.39 is 11.6 Å². The number of rotatable bonds is 12. The first-order valence-corrected chi connectivity index (χ1v) is 12.4. The fraction of sp³-hybridized carbons (Fsp3) is 0.296. The Bertz CT molecular complexity index is 1430. The SMILES string of the molecule is CCOc1ccc(-c2cnc3c(Nc4ccc(C(=O)NCCOCCN)c(CC)c4)nccn23)c(F)c1F. The number of imidazole rings is 1. The van der Waals surface area contributed by atoms with Crippen LogP contribution >= 0.6 is 0 Å². The number of amides is 1. The Morgan fingerprint density at radius 1 is 1.11 bits per heavy atom. The highest BCUT2D eigenvalue weighted by molar-refractivity contribution is 5.96. The lowest BCUT2D eigenvalue weighted by Crippen LogP contribution is -2.28. The summed E-state index contributed by atoms with van der Waals surface area (Å²) < 4.78 is 41.4. The van der Waals surface area contributed by atoms with Crippen LogP contribution < -0.4 is 21.1 Å². The second-order valence-corrected chi connectivity index (χ2v) is 8.29. The minimum absolute atomic E-state index is 0.0488. The molecule has 2 aromatic carbocycles. The Labute approximate surface area is 219 Å². The number of fused-ring (bicyclic) bond motifs is 1. The number of nitrogens with two attached hydrogens (primary N) is 1. The number of anilines is 2. The second-order valence-electron chi connectivity index (χ2n) is 8.29. The first-order chi connectivity index (χ1) is 18.5. The van der Waals surface area contributed by atoms with Crippen LogP contribution in [-0.4, -0.2) is 53.2 Å². The summed E-state index contributed by atoms with van der Waals surface area (Å²) in [6.07, 6.45) is 5.26. The summed E-state index contributed by atoms with van der Waals surface area (Å²) in [5, 5.41) is 6.07. The fourth-order valence-electron chi connectivity index (χ4n) is 4.04. The zero-order valence-corrected chi connectivity index (χ0v) is 21.3. The van der Waals surface area contributed by atoms with Crippen molar-refractivity contribution in [2.75, 3.05) is 38.2 Å². The lowest BCUT2D eigenvalue weighted by molar-refractivity contribution is 0.0919. The van der Waals surface area contributed by atoms with E-state index in [1.807, 2.05) is 13.0 Å². The lowest BCUT2D eigenvalue weighted by Gasteiger charge is -2.13. The van der Waals surface area contributed by atoms with E-state index in [0.717, 1.165) is 5.56 Å². The molecular weight excluding hydrogens is 494 g/mol. The Kier molecular flexibility index (Phi) is 8.82. The number of nitrogens with zero attached hydrogens (tertiary/aromatic N) is 3. The Morgan fingerprint density at radius 2 is 1.95 bits per heavy atom. The van der Waals surface area contributed by atoms with Gasteiger partial charge in [0.15, 0.2) is 23.0 Å². The summed E-state index contributed by atoms with van der Waals surface area (Å²) >= 11 is 0. The van der Waals surface area contributed by atoms with Crippen LogP contribution in [0.4, 0.5) is 20.3 Å². The molecule has 0 bridgehead atoms. The normalized spacial score (nSPS) is 11.1. The predicted molar refractivity (Wildman–Crippen MR) is 141 cm³/mol. The van der Waals surface area contributed by atoms with Crippen LogP contribution in [0.25, 0.3) is 16.9 Å². The number of hydrogen-bond donors (Lipinski definition) is 3. The maximum Gasteiger partial charge on any atom is 0.251 e. The van der Waals surface area contributed by atoms with E-state index in [-0.39, 0.29) is 23.8 Å². The highest BCUT2D eigenvalue weighted by Gasteiger charge is 2.19. The van der Waals surface area contributed by atoms with Gasteiger partial charge in [-0.1, -0.05) is 6.92 Å². The molecule has 0 unspecified atom stereocenters. The van der Waals surface area contributed by atoms with Crippen LogP contribution in [0, 0.1) is 11.6 Å². The number of carbonyl (C=O) groups excluding carboxylic acids is 1. The molecule has 2 heterocycles. The average Bonchev–Trinajstić information content (AvgIpc) is 3.36. The molecule has 4 aromatic rings. The number of hydrogen-bond acceptors (Lipinski definition) is 7. The molecule has 0 spiro atoms. The van der Waals surface area contributed by atoms with Gasteiger partial charge in [-0.3, -0.25) is 9.20 Å². The molecule has 2 aromatic heterocycles. The third kappa shape index (κ3) is 5.74. The van der Waals surface area contributed by atoms with Crippen LogP contribution in [0.2, 0.25) is 0 Å². The van der Waals surface area contributed by atoms with E-state index in [1.54, 1.807) is 35.9 Å². The third-order valence-electron chi connectivity index (χ3n) is 5.84. The minimum atomic E-state index is -1.05. The molecule has 0 fully saturated rings. The Balaban J connectivity index is 1.57. The van der Waals surface area contributed by atoms with E-state index in [9.17, 15) is 13.6 Å². The number of benzene rings is 2. The summed E-state index contributed by atoms with van der Waals surface area (Å²) in [5.74, 6) is -1.98. The molecule has 0 saturated carbocycles. The molecule has 1 amide bonds. The first-order valence-electron chi connectivity index (χ1n) is 12.4. The molecule has 0 aliphatic carbocycles. The van der Waals surface area contributed by atoms with Crippen LogP contribution in [0.5, 0.6) is 5.75 Å². The van der Waals surface area contributed by atoms with E-state index in [4.69, 9.17) is 15.2 Å². The summed E-state index contributed by atoms with van der Waals surface area (Å²) in [4.78, 5) is 21.4. The number of carbonyl (C=O) groups is 1. The summed E-state index contributed by atoms with van der Waals surface area (Å²) in [6.45, 7) is 5.54. The molecule has 9 nitrogen and oxygen atoms in total. The van der Waals surface area contributed by atoms with Crippen molar-refractivity contribution in [2.45, 2.75) is 20.3 Å². The van der Waals surface area contributed by atoms with Gasteiger partial charge in [0, 0.05) is 42.3 Å². The van der Waals surface area contributed by atoms with Crippen LogP contribution in [0.15, 0.2) is 48.9 Å². The summed E-state index contributed by atoms with van der Waals surface area (Å²) in [7, 11) is 0. The van der Waals surface area contributed by atoms with E-state index in [0.29, 0.717) is 61.1 Å². The van der Waals surface area contributed by atoms with Gasteiger partial charge in [0.2, 0.25) is 5.82 Å². The summed E-state index contributed by atoms with van der Waals surface area (Å²) in [6, 6.07) is 8.24. The molecule has 200 valence electrons. The molecule has 0 atom stereocenters. The van der Waals surface area contributed by atoms with Crippen molar-refractivity contribution in [1.29, 1.82) is 0 Å². The van der Waals surface area contributed by atoms with Crippen molar-refractivity contribution >= 4 is 23.1 Å². The first kappa shape index (κ1) is 27.0. The van der Waals surface area contributed by atoms with Gasteiger partial charge in [0.1, 0.15) is 0 Å². The number of aromatic nitrogens is 3. The zero-order chi connectivity index (χ0) is 27.1. The highest BCUT2D eigenvalue weighted by atomic mass is 19.2. The number of nitrogens with one attached hydrogen (secondary N) is 2. The average molecular weight is 525 g/mol. The Morgan fingerprint density at radius 3 is 2.71 bits per heavy atom. The molecular formula is C27H30F2N6O3. The highest BCUT2D eigenvalue weighted by Crippen LogP contribution is 2.32. The summed E-state index contributed by atoms with van der Waals surface area (Å²) in [5.41, 5.74) is 8.34. The van der Waals surface area contributed by atoms with Gasteiger partial charge in [0.25, 0.3) is 5.91 Å². The van der Waals surface area contributed by atoms with Crippen molar-refractivity contribution in [1.82, 2.24) is 19.7 Å². The quantitative estimate of drug-likeness (QED) is 0.239. The zero-order valence-electron chi connectivity index (χ0n) is 21.3. The van der Waals surface area contributed by atoms with Gasteiger partial charge in [-0.05, 0) is 49.2 Å². The molecule has 4 N–H and O–H groups in total. The van der Waals surface area contributed by atoms with E-state index >= 15 is 0 Å². The van der Waals surface area contributed by atoms with Crippen molar-refractivity contribution in [2.24, 2.45) is 5.73 Å². The molecule has 11 heteroatoms. The van der Waals surface area contributed by atoms with Gasteiger partial charge >= 0.3 is 0 Å². The topological polar surface area (TPSA) is 116 Å². The van der Waals surface area contributed by atoms with Gasteiger partial charge in [0.05, 0.1) is 31.7 Å². The molecule has 38 heavy (non-hydrogen) atoms. The number of ether oxygens (including phenoxy) is 2. The van der Waals surface area contributed by atoms with Crippen molar-refractivity contribution in [3.05, 3.63) is 71.7 Å². The smallest absolute Gasteiger partial charge is 0.251 e. The van der Waals surface area contributed by atoms with Crippen molar-refractivity contribution in [3.63, 3.8) is 0 Å². The van der Waals surface area contributed by atoms with Crippen LogP contribution in [-0.2, 0) is 11.2 Å². The predicted octanol–water partition coefficient (Wildman–Crippen LogP) is 4.08. The van der Waals surface area contributed by atoms with Crippen molar-refractivity contribution in [3.8, 4) is 17.0 Å². The fourth-order valence-corrected chi connectivity index (χ4v) is 4.04. The number of halogens is 2. The van der Waals surface area contributed by atoms with Crippen LogP contribution in [0.1, 0.15) is 29.8 Å². The number of aryl methyl sites for hydroxylation is 1. The maximum absolute atomic E-state index is 14.9. The molecule has 0 radical (unpaired) electrons. The maximum atomic E-state index is 14.9. The molecule has 4 rings (SSSR count). The molecule has 0 aliphatic heterocycles. The van der Waals surface area contributed by atoms with Crippen LogP contribution in [0.3, 0.4) is 0 Å². The van der Waals surface area contributed by atoms with Gasteiger partial charge in [-0.15, -0.1) is 0 Å². The van der Waals surface area contributed by atoms with Gasteiger partial charge < -0.3 is 25.8 Å². The molecule has 0 aliphatic rings. The second kappa shape index (κ2) is 12.4. The van der Waals surface area contributed by atoms with Gasteiger partial charge in [-0.2, -0.15) is 4.39 Å². The standard InChI is InChI=1S/C27H30F2N6O3/c1-3-17-15-18(5-6-19(17)27(36)32-11-14-37-13-9-30)34-25-26-33-16-21(35(26)12-10-31-25)20-7-8-22(38-4-2)24(29)23(20)28/h5-8,10,12,15-16H,3-4,9,11,13-14,30H2,1-2H3,(H,31,34)(H,32,36). The monoisotopic (exact) mass is 524 g/mol. The van der Waals surface area contributed by atoms with Crippen molar-refractivity contribution < 1.29 is 23.0 Å². The lowest BCUT2D eigenvalue weighted by atomic mass is 10.0. The minimum Gasteiger partial charge on any atom is -0.491 e. The Hall–Kier alpha value is -4.09.